The van der Waals surface area contributed by atoms with Crippen LogP contribution in [-0.4, -0.2) is 10.2 Å². The Bertz CT molecular complexity index is 423. The summed E-state index contributed by atoms with van der Waals surface area (Å²) < 4.78 is 1.05. The molecular formula is C10H10BrN3. The number of nitrogens with one attached hydrogen (secondary N) is 1. The maximum Gasteiger partial charge on any atom is 0.0522 e. The minimum Gasteiger partial charge on any atom is -0.398 e. The summed E-state index contributed by atoms with van der Waals surface area (Å²) in [6.07, 6.45) is 4.49. The molecule has 2 aromatic rings. The molecule has 0 saturated heterocycles. The van der Waals surface area contributed by atoms with Gasteiger partial charge in [0, 0.05) is 22.8 Å². The molecule has 3 nitrogen and oxygen atoms in total. The van der Waals surface area contributed by atoms with Crippen molar-refractivity contribution >= 4 is 21.6 Å². The second-order valence-corrected chi connectivity index (χ2v) is 4.04. The van der Waals surface area contributed by atoms with Gasteiger partial charge in [0.25, 0.3) is 0 Å². The molecule has 14 heavy (non-hydrogen) atoms. The first-order valence-corrected chi connectivity index (χ1v) is 5.06. The Labute approximate surface area is 90.5 Å². The standard InChI is InChI=1S/C10H10BrN3/c11-9-1-2-10(12)8(4-9)3-7-5-13-14-6-7/h1-2,4-6H,3,12H2,(H,13,14). The molecule has 0 bridgehead atoms. The molecule has 0 atom stereocenters. The van der Waals surface area contributed by atoms with Crippen LogP contribution in [0.25, 0.3) is 0 Å². The van der Waals surface area contributed by atoms with Gasteiger partial charge in [-0.2, -0.15) is 5.10 Å². The third kappa shape index (κ3) is 1.96. The predicted octanol–water partition coefficient (Wildman–Crippen LogP) is 2.35. The molecule has 1 heterocycles. The third-order valence-electron chi connectivity index (χ3n) is 2.05. The zero-order valence-electron chi connectivity index (χ0n) is 7.50. The number of hydrogen-bond acceptors (Lipinski definition) is 2. The van der Waals surface area contributed by atoms with Crippen LogP contribution < -0.4 is 5.73 Å². The van der Waals surface area contributed by atoms with Crippen LogP contribution in [0.4, 0.5) is 5.69 Å². The van der Waals surface area contributed by atoms with Crippen LogP contribution in [0, 0.1) is 0 Å². The molecule has 0 aliphatic heterocycles. The first-order valence-electron chi connectivity index (χ1n) is 4.27. The highest BCUT2D eigenvalue weighted by Crippen LogP contribution is 2.20. The normalized spacial score (nSPS) is 10.4. The van der Waals surface area contributed by atoms with Crippen LogP contribution in [0.15, 0.2) is 35.1 Å². The molecule has 0 saturated carbocycles. The number of hydrogen-bond donors (Lipinski definition) is 2. The Morgan fingerprint density at radius 3 is 3.00 bits per heavy atom. The number of benzene rings is 1. The summed E-state index contributed by atoms with van der Waals surface area (Å²) in [5.41, 5.74) is 8.91. The third-order valence-corrected chi connectivity index (χ3v) is 2.55. The summed E-state index contributed by atoms with van der Waals surface area (Å²) in [4.78, 5) is 0. The number of aromatic nitrogens is 2. The molecule has 0 aliphatic rings. The Morgan fingerprint density at radius 1 is 1.43 bits per heavy atom. The Kier molecular flexibility index (Phi) is 2.54. The van der Waals surface area contributed by atoms with Crippen molar-refractivity contribution in [1.29, 1.82) is 0 Å². The number of anilines is 1. The molecule has 1 aromatic carbocycles. The Morgan fingerprint density at radius 2 is 2.29 bits per heavy atom. The number of H-pyrrole nitrogens is 1. The van der Waals surface area contributed by atoms with Crippen molar-refractivity contribution in [2.45, 2.75) is 6.42 Å². The van der Waals surface area contributed by atoms with Crippen LogP contribution in [0.2, 0.25) is 0 Å². The van der Waals surface area contributed by atoms with E-state index in [2.05, 4.69) is 26.1 Å². The van der Waals surface area contributed by atoms with Crippen LogP contribution in [-0.2, 0) is 6.42 Å². The van der Waals surface area contributed by atoms with Crippen molar-refractivity contribution in [2.24, 2.45) is 0 Å². The van der Waals surface area contributed by atoms with E-state index in [1.807, 2.05) is 24.4 Å². The highest BCUT2D eigenvalue weighted by molar-refractivity contribution is 9.10. The van der Waals surface area contributed by atoms with E-state index >= 15 is 0 Å². The maximum atomic E-state index is 5.85. The maximum absolute atomic E-state index is 5.85. The number of halogens is 1. The zero-order chi connectivity index (χ0) is 9.97. The molecule has 3 N–H and O–H groups in total. The molecule has 0 aliphatic carbocycles. The molecule has 0 radical (unpaired) electrons. The highest BCUT2D eigenvalue weighted by atomic mass is 79.9. The topological polar surface area (TPSA) is 54.7 Å². The molecule has 4 heteroatoms. The van der Waals surface area contributed by atoms with E-state index in [-0.39, 0.29) is 0 Å². The largest absolute Gasteiger partial charge is 0.398 e. The van der Waals surface area contributed by atoms with Gasteiger partial charge in [-0.1, -0.05) is 15.9 Å². The minimum absolute atomic E-state index is 0.807. The van der Waals surface area contributed by atoms with Gasteiger partial charge in [-0.15, -0.1) is 0 Å². The van der Waals surface area contributed by atoms with Crippen molar-refractivity contribution in [3.05, 3.63) is 46.2 Å². The van der Waals surface area contributed by atoms with E-state index < -0.39 is 0 Å². The van der Waals surface area contributed by atoms with Crippen LogP contribution in [0.3, 0.4) is 0 Å². The van der Waals surface area contributed by atoms with Crippen molar-refractivity contribution in [3.63, 3.8) is 0 Å². The quantitative estimate of drug-likeness (QED) is 0.806. The van der Waals surface area contributed by atoms with Crippen molar-refractivity contribution < 1.29 is 0 Å². The molecule has 0 unspecified atom stereocenters. The first-order chi connectivity index (χ1) is 6.75. The fourth-order valence-corrected chi connectivity index (χ4v) is 1.73. The average molecular weight is 252 g/mol. The second kappa shape index (κ2) is 3.84. The van der Waals surface area contributed by atoms with Crippen LogP contribution >= 0.6 is 15.9 Å². The van der Waals surface area contributed by atoms with E-state index in [4.69, 9.17) is 5.73 Å². The lowest BCUT2D eigenvalue weighted by molar-refractivity contribution is 1.09. The molecule has 0 amide bonds. The van der Waals surface area contributed by atoms with E-state index in [1.165, 1.54) is 0 Å². The molecule has 0 spiro atoms. The van der Waals surface area contributed by atoms with Crippen molar-refractivity contribution in [1.82, 2.24) is 10.2 Å². The fourth-order valence-electron chi connectivity index (χ4n) is 1.32. The van der Waals surface area contributed by atoms with Gasteiger partial charge in [0.15, 0.2) is 0 Å². The van der Waals surface area contributed by atoms with Crippen LogP contribution in [0.5, 0.6) is 0 Å². The van der Waals surface area contributed by atoms with Gasteiger partial charge in [0.2, 0.25) is 0 Å². The number of nitrogen functional groups attached to an aromatic ring is 1. The van der Waals surface area contributed by atoms with Gasteiger partial charge < -0.3 is 5.73 Å². The number of rotatable bonds is 2. The Hall–Kier alpha value is -1.29. The van der Waals surface area contributed by atoms with Gasteiger partial charge >= 0.3 is 0 Å². The summed E-state index contributed by atoms with van der Waals surface area (Å²) >= 11 is 3.42. The predicted molar refractivity (Wildman–Crippen MR) is 59.9 cm³/mol. The summed E-state index contributed by atoms with van der Waals surface area (Å²) in [5.74, 6) is 0. The molecule has 2 rings (SSSR count). The summed E-state index contributed by atoms with van der Waals surface area (Å²) in [7, 11) is 0. The fraction of sp³-hybridized carbons (Fsp3) is 0.100. The van der Waals surface area contributed by atoms with E-state index in [0.29, 0.717) is 0 Å². The monoisotopic (exact) mass is 251 g/mol. The van der Waals surface area contributed by atoms with E-state index in [0.717, 1.165) is 27.7 Å². The molecule has 0 fully saturated rings. The van der Waals surface area contributed by atoms with Gasteiger partial charge in [-0.25, -0.2) is 0 Å². The lowest BCUT2D eigenvalue weighted by atomic mass is 10.1. The van der Waals surface area contributed by atoms with Gasteiger partial charge in [0.1, 0.15) is 0 Å². The summed E-state index contributed by atoms with van der Waals surface area (Å²) in [6, 6.07) is 5.87. The van der Waals surface area contributed by atoms with Gasteiger partial charge in [0.05, 0.1) is 6.20 Å². The zero-order valence-corrected chi connectivity index (χ0v) is 9.08. The molecule has 1 aromatic heterocycles. The summed E-state index contributed by atoms with van der Waals surface area (Å²) in [6.45, 7) is 0. The minimum atomic E-state index is 0.807. The highest BCUT2D eigenvalue weighted by Gasteiger charge is 2.02. The smallest absolute Gasteiger partial charge is 0.0522 e. The number of nitrogens with two attached hydrogens (primary N) is 1. The number of aromatic amines is 1. The van der Waals surface area contributed by atoms with Gasteiger partial charge in [-0.3, -0.25) is 5.10 Å². The Balaban J connectivity index is 2.28. The summed E-state index contributed by atoms with van der Waals surface area (Å²) in [5, 5.41) is 6.67. The van der Waals surface area contributed by atoms with Crippen molar-refractivity contribution in [3.8, 4) is 0 Å². The molecule has 72 valence electrons. The average Bonchev–Trinajstić information content (AvgIpc) is 2.64. The van der Waals surface area contributed by atoms with E-state index in [9.17, 15) is 0 Å². The lowest BCUT2D eigenvalue weighted by Crippen LogP contribution is -1.94. The van der Waals surface area contributed by atoms with Crippen LogP contribution in [0.1, 0.15) is 11.1 Å². The second-order valence-electron chi connectivity index (χ2n) is 3.13. The SMILES string of the molecule is Nc1ccc(Br)cc1Cc1cn[nH]c1. The van der Waals surface area contributed by atoms with E-state index in [1.54, 1.807) is 6.20 Å². The molecular weight excluding hydrogens is 242 g/mol. The first kappa shape index (κ1) is 9.27. The lowest BCUT2D eigenvalue weighted by Gasteiger charge is -2.04. The number of nitrogens with zero attached hydrogens (tertiary/aromatic N) is 1. The van der Waals surface area contributed by atoms with Gasteiger partial charge in [-0.05, 0) is 29.3 Å². The van der Waals surface area contributed by atoms with Crippen molar-refractivity contribution in [2.75, 3.05) is 5.73 Å².